The Kier molecular flexibility index (Phi) is 4.48. The van der Waals surface area contributed by atoms with Crippen molar-refractivity contribution in [3.8, 4) is 0 Å². The van der Waals surface area contributed by atoms with Gasteiger partial charge in [-0.05, 0) is 26.9 Å². The van der Waals surface area contributed by atoms with E-state index in [4.69, 9.17) is 0 Å². The normalized spacial score (nSPS) is 10.1. The SMILES string of the molecule is CNCCCC(=O)Nc1nnc(C)s1. The summed E-state index contributed by atoms with van der Waals surface area (Å²) in [5.41, 5.74) is 0. The van der Waals surface area contributed by atoms with Crippen molar-refractivity contribution in [2.24, 2.45) is 0 Å². The summed E-state index contributed by atoms with van der Waals surface area (Å²) in [5.74, 6) is -0.00333. The molecule has 0 aromatic carbocycles. The number of nitrogens with zero attached hydrogens (tertiary/aromatic N) is 2. The van der Waals surface area contributed by atoms with Crippen LogP contribution in [-0.4, -0.2) is 29.7 Å². The Morgan fingerprint density at radius 3 is 2.86 bits per heavy atom. The van der Waals surface area contributed by atoms with Gasteiger partial charge in [0.2, 0.25) is 11.0 Å². The summed E-state index contributed by atoms with van der Waals surface area (Å²) in [6.45, 7) is 2.71. The van der Waals surface area contributed by atoms with Crippen LogP contribution in [0.3, 0.4) is 0 Å². The van der Waals surface area contributed by atoms with Crippen molar-refractivity contribution in [3.63, 3.8) is 0 Å². The summed E-state index contributed by atoms with van der Waals surface area (Å²) >= 11 is 1.39. The van der Waals surface area contributed by atoms with Gasteiger partial charge in [0.1, 0.15) is 5.01 Å². The molecule has 0 spiro atoms. The van der Waals surface area contributed by atoms with E-state index in [-0.39, 0.29) is 5.91 Å². The zero-order valence-corrected chi connectivity index (χ0v) is 9.15. The predicted octanol–water partition coefficient (Wildman–Crippen LogP) is 0.785. The van der Waals surface area contributed by atoms with E-state index >= 15 is 0 Å². The number of aromatic nitrogens is 2. The molecule has 1 amide bonds. The Hall–Kier alpha value is -1.01. The number of hydrogen-bond acceptors (Lipinski definition) is 5. The molecule has 0 bridgehead atoms. The molecule has 0 aliphatic rings. The van der Waals surface area contributed by atoms with Crippen LogP contribution in [0.5, 0.6) is 0 Å². The van der Waals surface area contributed by atoms with E-state index in [2.05, 4.69) is 20.8 Å². The molecule has 78 valence electrons. The van der Waals surface area contributed by atoms with Crippen LogP contribution in [0.25, 0.3) is 0 Å². The van der Waals surface area contributed by atoms with Gasteiger partial charge in [-0.3, -0.25) is 4.79 Å². The third-order valence-corrected chi connectivity index (χ3v) is 2.36. The molecule has 0 atom stereocenters. The van der Waals surface area contributed by atoms with Crippen LogP contribution in [0.4, 0.5) is 5.13 Å². The second kappa shape index (κ2) is 5.66. The van der Waals surface area contributed by atoms with Gasteiger partial charge in [-0.2, -0.15) is 0 Å². The number of nitrogens with one attached hydrogen (secondary N) is 2. The maximum atomic E-state index is 11.3. The minimum absolute atomic E-state index is 0.00333. The lowest BCUT2D eigenvalue weighted by Gasteiger charge is -1.99. The molecule has 1 heterocycles. The van der Waals surface area contributed by atoms with E-state index < -0.39 is 0 Å². The van der Waals surface area contributed by atoms with Gasteiger partial charge in [0, 0.05) is 6.42 Å². The monoisotopic (exact) mass is 214 g/mol. The van der Waals surface area contributed by atoms with Crippen molar-refractivity contribution < 1.29 is 4.79 Å². The molecule has 0 unspecified atom stereocenters. The van der Waals surface area contributed by atoms with Crippen molar-refractivity contribution in [2.75, 3.05) is 18.9 Å². The van der Waals surface area contributed by atoms with Crippen molar-refractivity contribution in [1.82, 2.24) is 15.5 Å². The minimum Gasteiger partial charge on any atom is -0.320 e. The van der Waals surface area contributed by atoms with Crippen LogP contribution < -0.4 is 10.6 Å². The number of carbonyl (C=O) groups is 1. The lowest BCUT2D eigenvalue weighted by atomic mass is 10.3. The zero-order valence-electron chi connectivity index (χ0n) is 8.33. The van der Waals surface area contributed by atoms with E-state index in [1.807, 2.05) is 14.0 Å². The summed E-state index contributed by atoms with van der Waals surface area (Å²) in [6.07, 6.45) is 1.35. The summed E-state index contributed by atoms with van der Waals surface area (Å²) < 4.78 is 0. The summed E-state index contributed by atoms with van der Waals surface area (Å²) in [5, 5.41) is 14.7. The van der Waals surface area contributed by atoms with Gasteiger partial charge in [0.05, 0.1) is 0 Å². The number of hydrogen-bond donors (Lipinski definition) is 2. The van der Waals surface area contributed by atoms with Crippen LogP contribution in [0.2, 0.25) is 0 Å². The Morgan fingerprint density at radius 2 is 2.29 bits per heavy atom. The number of amides is 1. The number of rotatable bonds is 5. The van der Waals surface area contributed by atoms with Gasteiger partial charge < -0.3 is 10.6 Å². The molecule has 0 saturated carbocycles. The molecule has 1 rings (SSSR count). The molecule has 0 radical (unpaired) electrons. The van der Waals surface area contributed by atoms with Crippen molar-refractivity contribution >= 4 is 22.4 Å². The molecule has 5 nitrogen and oxygen atoms in total. The minimum atomic E-state index is -0.00333. The van der Waals surface area contributed by atoms with Crippen molar-refractivity contribution in [3.05, 3.63) is 5.01 Å². The fourth-order valence-corrected chi connectivity index (χ4v) is 1.56. The van der Waals surface area contributed by atoms with Crippen molar-refractivity contribution in [1.29, 1.82) is 0 Å². The van der Waals surface area contributed by atoms with E-state index in [0.29, 0.717) is 11.6 Å². The highest BCUT2D eigenvalue weighted by Gasteiger charge is 2.05. The highest BCUT2D eigenvalue weighted by molar-refractivity contribution is 7.15. The quantitative estimate of drug-likeness (QED) is 0.711. The fourth-order valence-electron chi connectivity index (χ4n) is 0.955. The Bertz CT molecular complexity index is 299. The molecule has 2 N–H and O–H groups in total. The lowest BCUT2D eigenvalue weighted by Crippen LogP contribution is -2.15. The first kappa shape index (κ1) is 11.1. The average Bonchev–Trinajstić information content (AvgIpc) is 2.52. The van der Waals surface area contributed by atoms with E-state index in [1.165, 1.54) is 11.3 Å². The third-order valence-electron chi connectivity index (χ3n) is 1.60. The van der Waals surface area contributed by atoms with Crippen molar-refractivity contribution in [2.45, 2.75) is 19.8 Å². The number of aryl methyl sites for hydroxylation is 1. The van der Waals surface area contributed by atoms with Crippen LogP contribution in [0.15, 0.2) is 0 Å². The average molecular weight is 214 g/mol. The largest absolute Gasteiger partial charge is 0.320 e. The van der Waals surface area contributed by atoms with Gasteiger partial charge in [0.15, 0.2) is 0 Å². The van der Waals surface area contributed by atoms with Gasteiger partial charge >= 0.3 is 0 Å². The fraction of sp³-hybridized carbons (Fsp3) is 0.625. The zero-order chi connectivity index (χ0) is 10.4. The van der Waals surface area contributed by atoms with Gasteiger partial charge in [-0.1, -0.05) is 11.3 Å². The third kappa shape index (κ3) is 3.80. The highest BCUT2D eigenvalue weighted by Crippen LogP contribution is 2.13. The van der Waals surface area contributed by atoms with Crippen LogP contribution >= 0.6 is 11.3 Å². The van der Waals surface area contributed by atoms with Crippen LogP contribution in [0.1, 0.15) is 17.8 Å². The summed E-state index contributed by atoms with van der Waals surface area (Å²) in [6, 6.07) is 0. The standard InChI is InChI=1S/C8H14N4OS/c1-6-11-12-8(14-6)10-7(13)4-3-5-9-2/h9H,3-5H2,1-2H3,(H,10,12,13). The van der Waals surface area contributed by atoms with Gasteiger partial charge in [-0.15, -0.1) is 10.2 Å². The molecule has 0 aliphatic carbocycles. The van der Waals surface area contributed by atoms with E-state index in [9.17, 15) is 4.79 Å². The molecule has 1 aromatic rings. The summed E-state index contributed by atoms with van der Waals surface area (Å²) in [4.78, 5) is 11.3. The highest BCUT2D eigenvalue weighted by atomic mass is 32.1. The first-order valence-electron chi connectivity index (χ1n) is 4.47. The maximum Gasteiger partial charge on any atom is 0.226 e. The number of carbonyl (C=O) groups excluding carboxylic acids is 1. The molecule has 0 fully saturated rings. The predicted molar refractivity (Wildman–Crippen MR) is 56.4 cm³/mol. The molecule has 0 aliphatic heterocycles. The second-order valence-electron chi connectivity index (χ2n) is 2.88. The Labute approximate surface area is 86.9 Å². The van der Waals surface area contributed by atoms with E-state index in [1.54, 1.807) is 0 Å². The smallest absolute Gasteiger partial charge is 0.226 e. The lowest BCUT2D eigenvalue weighted by molar-refractivity contribution is -0.116. The molecule has 6 heteroatoms. The summed E-state index contributed by atoms with van der Waals surface area (Å²) in [7, 11) is 1.87. The second-order valence-corrected chi connectivity index (χ2v) is 4.06. The molecule has 14 heavy (non-hydrogen) atoms. The van der Waals surface area contributed by atoms with Gasteiger partial charge in [0.25, 0.3) is 0 Å². The van der Waals surface area contributed by atoms with Gasteiger partial charge in [-0.25, -0.2) is 0 Å². The first-order chi connectivity index (χ1) is 6.72. The molecule has 0 saturated heterocycles. The first-order valence-corrected chi connectivity index (χ1v) is 5.28. The Balaban J connectivity index is 2.27. The topological polar surface area (TPSA) is 66.9 Å². The molecular formula is C8H14N4OS. The van der Waals surface area contributed by atoms with E-state index in [0.717, 1.165) is 18.0 Å². The number of anilines is 1. The molecular weight excluding hydrogens is 200 g/mol. The van der Waals surface area contributed by atoms with Crippen LogP contribution in [-0.2, 0) is 4.79 Å². The maximum absolute atomic E-state index is 11.3. The Morgan fingerprint density at radius 1 is 1.50 bits per heavy atom. The molecule has 1 aromatic heterocycles. The van der Waals surface area contributed by atoms with Crippen LogP contribution in [0, 0.1) is 6.92 Å².